The number of alkyl halides is 6. The quantitative estimate of drug-likeness (QED) is 0.777. The van der Waals surface area contributed by atoms with Crippen LogP contribution in [0.5, 0.6) is 0 Å². The van der Waals surface area contributed by atoms with Crippen LogP contribution in [0.1, 0.15) is 21.5 Å². The molecule has 0 amide bonds. The van der Waals surface area contributed by atoms with Gasteiger partial charge in [0.2, 0.25) is 0 Å². The van der Waals surface area contributed by atoms with Gasteiger partial charge in [0.05, 0.1) is 16.7 Å². The van der Waals surface area contributed by atoms with E-state index in [0.29, 0.717) is 24.3 Å². The molecule has 0 atom stereocenters. The lowest BCUT2D eigenvalue weighted by Gasteiger charge is -2.13. The van der Waals surface area contributed by atoms with Crippen LogP contribution in [-0.4, -0.2) is 11.1 Å². The van der Waals surface area contributed by atoms with E-state index in [1.165, 1.54) is 0 Å². The van der Waals surface area contributed by atoms with Crippen molar-refractivity contribution in [1.29, 1.82) is 0 Å². The van der Waals surface area contributed by atoms with Gasteiger partial charge in [-0.15, -0.1) is 0 Å². The summed E-state index contributed by atoms with van der Waals surface area (Å²) in [6.45, 7) is 0. The van der Waals surface area contributed by atoms with Crippen molar-refractivity contribution in [3.8, 4) is 11.1 Å². The highest BCUT2D eigenvalue weighted by Gasteiger charge is 2.32. The molecule has 0 saturated heterocycles. The fourth-order valence-electron chi connectivity index (χ4n) is 1.98. The van der Waals surface area contributed by atoms with E-state index in [9.17, 15) is 31.1 Å². The molecule has 8 heteroatoms. The van der Waals surface area contributed by atoms with E-state index in [2.05, 4.69) is 0 Å². The van der Waals surface area contributed by atoms with E-state index in [-0.39, 0.29) is 11.1 Å². The van der Waals surface area contributed by atoms with Crippen LogP contribution in [0.25, 0.3) is 11.1 Å². The molecule has 23 heavy (non-hydrogen) atoms. The number of hydrogen-bond acceptors (Lipinski definition) is 1. The van der Waals surface area contributed by atoms with Gasteiger partial charge in [-0.1, -0.05) is 12.1 Å². The van der Waals surface area contributed by atoms with Crippen molar-refractivity contribution in [3.05, 3.63) is 59.2 Å². The van der Waals surface area contributed by atoms with Gasteiger partial charge in [0.1, 0.15) is 0 Å². The predicted molar refractivity (Wildman–Crippen MR) is 68.8 cm³/mol. The normalized spacial score (nSPS) is 12.3. The summed E-state index contributed by atoms with van der Waals surface area (Å²) in [4.78, 5) is 11.1. The fourth-order valence-corrected chi connectivity index (χ4v) is 1.98. The molecule has 0 aliphatic carbocycles. The first-order valence-corrected chi connectivity index (χ1v) is 6.12. The lowest BCUT2D eigenvalue weighted by molar-refractivity contribution is -0.138. The molecule has 122 valence electrons. The van der Waals surface area contributed by atoms with Gasteiger partial charge < -0.3 is 5.11 Å². The Balaban J connectivity index is 2.58. The minimum absolute atomic E-state index is 0.0542. The van der Waals surface area contributed by atoms with E-state index in [0.717, 1.165) is 18.2 Å². The topological polar surface area (TPSA) is 37.3 Å². The zero-order valence-corrected chi connectivity index (χ0v) is 11.2. The van der Waals surface area contributed by atoms with Gasteiger partial charge in [0.25, 0.3) is 0 Å². The average molecular weight is 334 g/mol. The first-order chi connectivity index (χ1) is 10.5. The summed E-state index contributed by atoms with van der Waals surface area (Å²) in [6.07, 6.45) is -9.29. The number of carbonyl (C=O) groups is 1. The first-order valence-electron chi connectivity index (χ1n) is 6.12. The van der Waals surface area contributed by atoms with Gasteiger partial charge in [0.15, 0.2) is 0 Å². The van der Waals surface area contributed by atoms with Crippen LogP contribution in [0.2, 0.25) is 0 Å². The number of benzene rings is 2. The smallest absolute Gasteiger partial charge is 0.416 e. The Morgan fingerprint density at radius 1 is 0.783 bits per heavy atom. The molecule has 2 nitrogen and oxygen atoms in total. The molecular formula is C15H8F6O2. The third-order valence-electron chi connectivity index (χ3n) is 3.10. The highest BCUT2D eigenvalue weighted by molar-refractivity contribution is 5.96. The molecule has 2 rings (SSSR count). The summed E-state index contributed by atoms with van der Waals surface area (Å²) in [5.74, 6) is -1.48. The van der Waals surface area contributed by atoms with E-state index < -0.39 is 35.0 Å². The highest BCUT2D eigenvalue weighted by Crippen LogP contribution is 2.35. The number of carboxylic acids is 1. The van der Waals surface area contributed by atoms with Gasteiger partial charge in [-0.2, -0.15) is 26.3 Å². The molecule has 0 fully saturated rings. The van der Waals surface area contributed by atoms with Gasteiger partial charge in [-0.25, -0.2) is 4.79 Å². The van der Waals surface area contributed by atoms with E-state index in [4.69, 9.17) is 5.11 Å². The third-order valence-corrected chi connectivity index (χ3v) is 3.10. The highest BCUT2D eigenvalue weighted by atomic mass is 19.4. The van der Waals surface area contributed by atoms with Crippen molar-refractivity contribution in [3.63, 3.8) is 0 Å². The SMILES string of the molecule is O=C(O)c1ccc(C(F)(F)F)cc1-c1ccc(C(F)(F)F)cc1. The van der Waals surface area contributed by atoms with Crippen LogP contribution in [0.3, 0.4) is 0 Å². The molecule has 0 saturated carbocycles. The maximum absolute atomic E-state index is 12.7. The first kappa shape index (κ1) is 16.9. The largest absolute Gasteiger partial charge is 0.478 e. The van der Waals surface area contributed by atoms with Crippen molar-refractivity contribution in [2.45, 2.75) is 12.4 Å². The Bertz CT molecular complexity index is 729. The molecule has 1 N–H and O–H groups in total. The molecule has 0 unspecified atom stereocenters. The Morgan fingerprint density at radius 3 is 1.70 bits per heavy atom. The molecule has 0 aromatic heterocycles. The molecular weight excluding hydrogens is 326 g/mol. The van der Waals surface area contributed by atoms with Gasteiger partial charge in [-0.3, -0.25) is 0 Å². The maximum Gasteiger partial charge on any atom is 0.416 e. The van der Waals surface area contributed by atoms with Crippen LogP contribution < -0.4 is 0 Å². The summed E-state index contributed by atoms with van der Waals surface area (Å²) >= 11 is 0. The molecule has 0 spiro atoms. The minimum atomic E-state index is -4.70. The van der Waals surface area contributed by atoms with Crippen molar-refractivity contribution in [2.75, 3.05) is 0 Å². The van der Waals surface area contributed by atoms with Gasteiger partial charge >= 0.3 is 18.3 Å². The number of hydrogen-bond donors (Lipinski definition) is 1. The second-order valence-electron chi connectivity index (χ2n) is 4.64. The number of aromatic carboxylic acids is 1. The van der Waals surface area contributed by atoms with Crippen LogP contribution in [-0.2, 0) is 12.4 Å². The monoisotopic (exact) mass is 334 g/mol. The van der Waals surface area contributed by atoms with Crippen LogP contribution in [0, 0.1) is 0 Å². The second kappa shape index (κ2) is 5.60. The second-order valence-corrected chi connectivity index (χ2v) is 4.64. The van der Waals surface area contributed by atoms with Crippen LogP contribution in [0.15, 0.2) is 42.5 Å². The van der Waals surface area contributed by atoms with Gasteiger partial charge in [-0.05, 0) is 41.5 Å². The number of carboxylic acid groups (broad SMARTS) is 1. The van der Waals surface area contributed by atoms with E-state index in [1.54, 1.807) is 0 Å². The lowest BCUT2D eigenvalue weighted by atomic mass is 9.96. The molecule has 0 radical (unpaired) electrons. The average Bonchev–Trinajstić information content (AvgIpc) is 2.45. The predicted octanol–water partition coefficient (Wildman–Crippen LogP) is 5.09. The zero-order chi connectivity index (χ0) is 17.4. The summed E-state index contributed by atoms with van der Waals surface area (Å²) in [5, 5.41) is 9.04. The van der Waals surface area contributed by atoms with Crippen molar-refractivity contribution >= 4 is 5.97 Å². The van der Waals surface area contributed by atoms with Crippen molar-refractivity contribution in [1.82, 2.24) is 0 Å². The third kappa shape index (κ3) is 3.64. The van der Waals surface area contributed by atoms with Crippen molar-refractivity contribution in [2.24, 2.45) is 0 Å². The summed E-state index contributed by atoms with van der Waals surface area (Å²) < 4.78 is 75.7. The molecule has 2 aromatic carbocycles. The summed E-state index contributed by atoms with van der Waals surface area (Å²) in [6, 6.07) is 5.22. The van der Waals surface area contributed by atoms with Crippen LogP contribution >= 0.6 is 0 Å². The summed E-state index contributed by atoms with van der Waals surface area (Å²) in [7, 11) is 0. The van der Waals surface area contributed by atoms with Crippen molar-refractivity contribution < 1.29 is 36.2 Å². The standard InChI is InChI=1S/C15H8F6O2/c16-14(17,18)9-3-1-8(2-4-9)12-7-10(15(19,20)21)5-6-11(12)13(22)23/h1-7H,(H,22,23). The zero-order valence-electron chi connectivity index (χ0n) is 11.2. The van der Waals surface area contributed by atoms with E-state index in [1.807, 2.05) is 0 Å². The van der Waals surface area contributed by atoms with E-state index >= 15 is 0 Å². The molecule has 0 aliphatic rings. The maximum atomic E-state index is 12.7. The Hall–Kier alpha value is -2.51. The Morgan fingerprint density at radius 2 is 1.26 bits per heavy atom. The molecule has 0 aliphatic heterocycles. The Kier molecular flexibility index (Phi) is 4.10. The van der Waals surface area contributed by atoms with Crippen LogP contribution in [0.4, 0.5) is 26.3 Å². The minimum Gasteiger partial charge on any atom is -0.478 e. The fraction of sp³-hybridized carbons (Fsp3) is 0.133. The molecule has 2 aromatic rings. The summed E-state index contributed by atoms with van der Waals surface area (Å²) in [5.41, 5.74) is -2.86. The molecule has 0 heterocycles. The van der Waals surface area contributed by atoms with Gasteiger partial charge in [0, 0.05) is 0 Å². The lowest BCUT2D eigenvalue weighted by Crippen LogP contribution is -2.08. The number of halogens is 6. The Labute approximate surface area is 126 Å². The number of rotatable bonds is 2. The molecule has 0 bridgehead atoms.